The quantitative estimate of drug-likeness (QED) is 0.209. The van der Waals surface area contributed by atoms with Gasteiger partial charge in [0.15, 0.2) is 5.70 Å². The highest BCUT2D eigenvalue weighted by molar-refractivity contribution is 6.32. The standard InChI is InChI=1S/C21H10ClF3N2O5/c22-15-6-4-12(9-17(15)27(29)30)19-26-16(20(28)32-19)10-14-5-7-18(31-14)11-2-1-3-13(8-11)21(23,24)25/h1-10H. The molecule has 32 heavy (non-hydrogen) atoms. The Kier molecular flexibility index (Phi) is 5.31. The number of furan rings is 1. The zero-order chi connectivity index (χ0) is 23.0. The van der Waals surface area contributed by atoms with Crippen molar-refractivity contribution >= 4 is 35.2 Å². The minimum atomic E-state index is -4.50. The molecule has 0 atom stereocenters. The molecule has 11 heteroatoms. The second-order valence-electron chi connectivity index (χ2n) is 6.54. The van der Waals surface area contributed by atoms with Crippen molar-refractivity contribution in [1.29, 1.82) is 0 Å². The van der Waals surface area contributed by atoms with Crippen molar-refractivity contribution in [1.82, 2.24) is 0 Å². The van der Waals surface area contributed by atoms with Crippen LogP contribution in [0, 0.1) is 10.1 Å². The van der Waals surface area contributed by atoms with Gasteiger partial charge in [0.1, 0.15) is 16.5 Å². The van der Waals surface area contributed by atoms with Crippen LogP contribution in [0.4, 0.5) is 18.9 Å². The largest absolute Gasteiger partial charge is 0.457 e. The van der Waals surface area contributed by atoms with E-state index in [4.69, 9.17) is 20.8 Å². The number of aliphatic imine (C=N–C) groups is 1. The van der Waals surface area contributed by atoms with E-state index in [2.05, 4.69) is 4.99 Å². The molecule has 0 N–H and O–H groups in total. The van der Waals surface area contributed by atoms with Crippen molar-refractivity contribution in [2.75, 3.05) is 0 Å². The molecule has 0 spiro atoms. The highest BCUT2D eigenvalue weighted by Crippen LogP contribution is 2.33. The molecule has 2 heterocycles. The summed E-state index contributed by atoms with van der Waals surface area (Å²) in [6.07, 6.45) is -3.25. The summed E-state index contributed by atoms with van der Waals surface area (Å²) >= 11 is 5.77. The fourth-order valence-electron chi connectivity index (χ4n) is 2.89. The fourth-order valence-corrected chi connectivity index (χ4v) is 3.07. The lowest BCUT2D eigenvalue weighted by Crippen LogP contribution is -2.06. The summed E-state index contributed by atoms with van der Waals surface area (Å²) in [5, 5.41) is 11.0. The van der Waals surface area contributed by atoms with Crippen molar-refractivity contribution in [3.63, 3.8) is 0 Å². The fraction of sp³-hybridized carbons (Fsp3) is 0.0476. The first kappa shape index (κ1) is 21.3. The normalized spacial score (nSPS) is 15.1. The van der Waals surface area contributed by atoms with Crippen molar-refractivity contribution in [3.8, 4) is 11.3 Å². The monoisotopic (exact) mass is 462 g/mol. The molecule has 0 aliphatic carbocycles. The number of cyclic esters (lactones) is 1. The Morgan fingerprint density at radius 2 is 1.84 bits per heavy atom. The molecule has 0 bridgehead atoms. The summed E-state index contributed by atoms with van der Waals surface area (Å²) < 4.78 is 49.3. The number of nitro groups is 1. The lowest BCUT2D eigenvalue weighted by Gasteiger charge is -2.07. The zero-order valence-electron chi connectivity index (χ0n) is 15.7. The van der Waals surface area contributed by atoms with E-state index in [9.17, 15) is 28.1 Å². The summed E-state index contributed by atoms with van der Waals surface area (Å²) in [6, 6.07) is 11.3. The molecule has 162 valence electrons. The van der Waals surface area contributed by atoms with Crippen molar-refractivity contribution in [2.45, 2.75) is 6.18 Å². The molecule has 2 aromatic carbocycles. The van der Waals surface area contributed by atoms with E-state index in [1.807, 2.05) is 0 Å². The molecule has 3 aromatic rings. The number of esters is 1. The Morgan fingerprint density at radius 3 is 2.56 bits per heavy atom. The van der Waals surface area contributed by atoms with Gasteiger partial charge in [0.05, 0.1) is 10.5 Å². The zero-order valence-corrected chi connectivity index (χ0v) is 16.5. The van der Waals surface area contributed by atoms with Gasteiger partial charge in [-0.15, -0.1) is 0 Å². The Bertz CT molecular complexity index is 1310. The van der Waals surface area contributed by atoms with Gasteiger partial charge in [0, 0.05) is 23.3 Å². The average molecular weight is 463 g/mol. The van der Waals surface area contributed by atoms with Crippen LogP contribution in [-0.2, 0) is 15.7 Å². The number of hydrogen-bond donors (Lipinski definition) is 0. The van der Waals surface area contributed by atoms with E-state index in [0.717, 1.165) is 18.2 Å². The number of nitro benzene ring substituents is 1. The molecular formula is C21H10ClF3N2O5. The number of carbonyl (C=O) groups is 1. The number of nitrogens with zero attached hydrogens (tertiary/aromatic N) is 2. The molecule has 0 amide bonds. The first-order valence-electron chi connectivity index (χ1n) is 8.86. The van der Waals surface area contributed by atoms with Crippen molar-refractivity contribution in [2.24, 2.45) is 4.99 Å². The van der Waals surface area contributed by atoms with Crippen LogP contribution >= 0.6 is 11.6 Å². The summed E-state index contributed by atoms with van der Waals surface area (Å²) in [6.45, 7) is 0. The number of carbonyl (C=O) groups excluding carboxylic acids is 1. The van der Waals surface area contributed by atoms with Gasteiger partial charge < -0.3 is 9.15 Å². The number of alkyl halides is 3. The summed E-state index contributed by atoms with van der Waals surface area (Å²) in [5.74, 6) is -0.677. The number of ether oxygens (including phenoxy) is 1. The molecule has 0 saturated carbocycles. The van der Waals surface area contributed by atoms with Crippen LogP contribution in [0.2, 0.25) is 5.02 Å². The number of halogens is 4. The Hall–Kier alpha value is -3.92. The minimum absolute atomic E-state index is 0.0860. The van der Waals surface area contributed by atoms with Crippen LogP contribution in [0.3, 0.4) is 0 Å². The van der Waals surface area contributed by atoms with E-state index in [1.165, 1.54) is 42.5 Å². The third-order valence-electron chi connectivity index (χ3n) is 4.39. The van der Waals surface area contributed by atoms with Gasteiger partial charge in [-0.2, -0.15) is 13.2 Å². The van der Waals surface area contributed by atoms with Crippen LogP contribution in [-0.4, -0.2) is 16.8 Å². The van der Waals surface area contributed by atoms with E-state index in [0.29, 0.717) is 0 Å². The SMILES string of the molecule is O=C1OC(c2ccc(Cl)c([N+](=O)[O-])c2)=NC1=Cc1ccc(-c2cccc(C(F)(F)F)c2)o1. The maximum absolute atomic E-state index is 12.9. The predicted octanol–water partition coefficient (Wildman–Crippen LogP) is 5.87. The van der Waals surface area contributed by atoms with Gasteiger partial charge in [-0.3, -0.25) is 10.1 Å². The number of hydrogen-bond acceptors (Lipinski definition) is 6. The maximum atomic E-state index is 12.9. The summed E-state index contributed by atoms with van der Waals surface area (Å²) in [7, 11) is 0. The van der Waals surface area contributed by atoms with E-state index < -0.39 is 22.6 Å². The van der Waals surface area contributed by atoms with Crippen molar-refractivity contribution < 1.29 is 32.0 Å². The second-order valence-corrected chi connectivity index (χ2v) is 6.95. The number of rotatable bonds is 4. The van der Waals surface area contributed by atoms with Gasteiger partial charge >= 0.3 is 12.1 Å². The lowest BCUT2D eigenvalue weighted by molar-refractivity contribution is -0.384. The first-order valence-corrected chi connectivity index (χ1v) is 9.24. The van der Waals surface area contributed by atoms with E-state index in [-0.39, 0.29) is 45.0 Å². The van der Waals surface area contributed by atoms with Gasteiger partial charge in [0.2, 0.25) is 5.90 Å². The number of benzene rings is 2. The van der Waals surface area contributed by atoms with E-state index in [1.54, 1.807) is 0 Å². The van der Waals surface area contributed by atoms with Gasteiger partial charge in [0.25, 0.3) is 5.69 Å². The molecule has 0 saturated heterocycles. The third-order valence-corrected chi connectivity index (χ3v) is 4.71. The van der Waals surface area contributed by atoms with Crippen LogP contribution in [0.15, 0.2) is 69.7 Å². The van der Waals surface area contributed by atoms with Gasteiger partial charge in [-0.05, 0) is 36.4 Å². The molecular weight excluding hydrogens is 453 g/mol. The highest BCUT2D eigenvalue weighted by Gasteiger charge is 2.31. The Morgan fingerprint density at radius 1 is 1.06 bits per heavy atom. The molecule has 0 fully saturated rings. The van der Waals surface area contributed by atoms with Crippen LogP contribution < -0.4 is 0 Å². The van der Waals surface area contributed by atoms with Gasteiger partial charge in [-0.1, -0.05) is 23.7 Å². The summed E-state index contributed by atoms with van der Waals surface area (Å²) in [5.41, 5.74) is -0.977. The van der Waals surface area contributed by atoms with Crippen LogP contribution in [0.25, 0.3) is 17.4 Å². The molecule has 4 rings (SSSR count). The Labute approximate surface area is 182 Å². The van der Waals surface area contributed by atoms with E-state index >= 15 is 0 Å². The predicted molar refractivity (Wildman–Crippen MR) is 108 cm³/mol. The summed E-state index contributed by atoms with van der Waals surface area (Å²) in [4.78, 5) is 26.5. The lowest BCUT2D eigenvalue weighted by atomic mass is 10.1. The third kappa shape index (κ3) is 4.26. The topological polar surface area (TPSA) is 94.9 Å². The minimum Gasteiger partial charge on any atom is -0.457 e. The molecule has 1 aromatic heterocycles. The average Bonchev–Trinajstić information content (AvgIpc) is 3.35. The second kappa shape index (κ2) is 7.97. The first-order chi connectivity index (χ1) is 15.1. The molecule has 7 nitrogen and oxygen atoms in total. The molecule has 0 unspecified atom stereocenters. The highest BCUT2D eigenvalue weighted by atomic mass is 35.5. The smallest absolute Gasteiger partial charge is 0.416 e. The molecule has 1 aliphatic rings. The van der Waals surface area contributed by atoms with Crippen LogP contribution in [0.5, 0.6) is 0 Å². The Balaban J connectivity index is 1.62. The van der Waals surface area contributed by atoms with Crippen LogP contribution in [0.1, 0.15) is 16.9 Å². The van der Waals surface area contributed by atoms with Crippen molar-refractivity contribution in [3.05, 3.63) is 92.3 Å². The molecule has 0 radical (unpaired) electrons. The molecule has 1 aliphatic heterocycles. The maximum Gasteiger partial charge on any atom is 0.416 e. The van der Waals surface area contributed by atoms with Gasteiger partial charge in [-0.25, -0.2) is 9.79 Å².